The number of rotatable bonds is 4. The molecule has 132 valence electrons. The third kappa shape index (κ3) is 3.87. The van der Waals surface area contributed by atoms with Crippen molar-refractivity contribution in [2.24, 2.45) is 5.92 Å². The van der Waals surface area contributed by atoms with Crippen LogP contribution in [-0.4, -0.2) is 39.5 Å². The van der Waals surface area contributed by atoms with Crippen LogP contribution in [0.1, 0.15) is 40.0 Å². The summed E-state index contributed by atoms with van der Waals surface area (Å²) in [5.41, 5.74) is 0.535. The number of aliphatic carboxylic acids is 1. The Balaban J connectivity index is 1.74. The number of carbonyl (C=O) groups excluding carboxylic acids is 1. The lowest BCUT2D eigenvalue weighted by Crippen LogP contribution is -2.47. The summed E-state index contributed by atoms with van der Waals surface area (Å²) >= 11 is 1.23. The molecular weight excluding hydrogens is 343 g/mol. The standard InChI is InChI=1S/C18H19FN2O3S/c1-11-6-7-13(18(23)24)10-21(11)17(22)15-9-20-16(25-15)8-12-4-2-3-5-14(12)19/h2-5,9,11,13H,6-8,10H2,1H3,(H,23,24). The van der Waals surface area contributed by atoms with Crippen molar-refractivity contribution in [1.29, 1.82) is 0 Å². The second kappa shape index (κ2) is 7.31. The minimum atomic E-state index is -0.866. The molecule has 0 radical (unpaired) electrons. The van der Waals surface area contributed by atoms with Gasteiger partial charge in [0.2, 0.25) is 0 Å². The lowest BCUT2D eigenvalue weighted by molar-refractivity contribution is -0.143. The average molecular weight is 362 g/mol. The van der Waals surface area contributed by atoms with Crippen LogP contribution >= 0.6 is 11.3 Å². The Morgan fingerprint density at radius 2 is 2.12 bits per heavy atom. The van der Waals surface area contributed by atoms with Crippen LogP contribution in [0.15, 0.2) is 30.5 Å². The van der Waals surface area contributed by atoms with Crippen molar-refractivity contribution in [3.05, 3.63) is 51.7 Å². The molecule has 1 N–H and O–H groups in total. The molecule has 2 unspecified atom stereocenters. The van der Waals surface area contributed by atoms with Crippen molar-refractivity contribution in [3.8, 4) is 0 Å². The highest BCUT2D eigenvalue weighted by Crippen LogP contribution is 2.26. The number of carboxylic acid groups (broad SMARTS) is 1. The number of hydrogen-bond acceptors (Lipinski definition) is 4. The number of carbonyl (C=O) groups is 2. The van der Waals surface area contributed by atoms with Gasteiger partial charge >= 0.3 is 5.97 Å². The van der Waals surface area contributed by atoms with Crippen LogP contribution < -0.4 is 0 Å². The first-order valence-electron chi connectivity index (χ1n) is 8.17. The van der Waals surface area contributed by atoms with Gasteiger partial charge in [0.05, 0.1) is 17.1 Å². The molecule has 5 nitrogen and oxygen atoms in total. The van der Waals surface area contributed by atoms with Crippen LogP contribution in [0.3, 0.4) is 0 Å². The van der Waals surface area contributed by atoms with E-state index >= 15 is 0 Å². The highest BCUT2D eigenvalue weighted by Gasteiger charge is 2.33. The second-order valence-electron chi connectivity index (χ2n) is 6.31. The van der Waals surface area contributed by atoms with Gasteiger partial charge in [-0.05, 0) is 31.4 Å². The molecule has 25 heavy (non-hydrogen) atoms. The second-order valence-corrected chi connectivity index (χ2v) is 7.42. The molecule has 7 heteroatoms. The highest BCUT2D eigenvalue weighted by atomic mass is 32.1. The maximum absolute atomic E-state index is 13.7. The normalized spacial score (nSPS) is 20.5. The highest BCUT2D eigenvalue weighted by molar-refractivity contribution is 7.13. The Hall–Kier alpha value is -2.28. The maximum atomic E-state index is 13.7. The van der Waals surface area contributed by atoms with Crippen LogP contribution in [0.4, 0.5) is 4.39 Å². The van der Waals surface area contributed by atoms with E-state index in [4.69, 9.17) is 0 Å². The van der Waals surface area contributed by atoms with Crippen LogP contribution in [0, 0.1) is 11.7 Å². The summed E-state index contributed by atoms with van der Waals surface area (Å²) in [6, 6.07) is 6.49. The van der Waals surface area contributed by atoms with E-state index in [1.54, 1.807) is 23.1 Å². The first-order valence-corrected chi connectivity index (χ1v) is 8.99. The van der Waals surface area contributed by atoms with E-state index in [2.05, 4.69) is 4.98 Å². The van der Waals surface area contributed by atoms with E-state index in [1.807, 2.05) is 6.92 Å². The first-order chi connectivity index (χ1) is 12.0. The van der Waals surface area contributed by atoms with Gasteiger partial charge in [-0.1, -0.05) is 18.2 Å². The Kier molecular flexibility index (Phi) is 5.13. The third-order valence-electron chi connectivity index (χ3n) is 4.56. The number of piperidine rings is 1. The molecule has 1 aromatic carbocycles. The van der Waals surface area contributed by atoms with Gasteiger partial charge in [0, 0.05) is 19.0 Å². The van der Waals surface area contributed by atoms with Crippen molar-refractivity contribution in [1.82, 2.24) is 9.88 Å². The number of aromatic nitrogens is 1. The van der Waals surface area contributed by atoms with Crippen molar-refractivity contribution in [3.63, 3.8) is 0 Å². The molecule has 1 fully saturated rings. The average Bonchev–Trinajstić information content (AvgIpc) is 3.05. The molecule has 1 aliphatic rings. The fourth-order valence-electron chi connectivity index (χ4n) is 3.03. The minimum absolute atomic E-state index is 0.000202. The lowest BCUT2D eigenvalue weighted by Gasteiger charge is -2.36. The van der Waals surface area contributed by atoms with Gasteiger partial charge in [0.25, 0.3) is 5.91 Å². The zero-order valence-corrected chi connectivity index (χ0v) is 14.6. The summed E-state index contributed by atoms with van der Waals surface area (Å²) in [5, 5.41) is 9.87. The number of hydrogen-bond donors (Lipinski definition) is 1. The first kappa shape index (κ1) is 17.5. The summed E-state index contributed by atoms with van der Waals surface area (Å²) in [6.07, 6.45) is 3.09. The summed E-state index contributed by atoms with van der Waals surface area (Å²) < 4.78 is 13.7. The number of nitrogens with zero attached hydrogens (tertiary/aromatic N) is 2. The van der Waals surface area contributed by atoms with Gasteiger partial charge in [0.15, 0.2) is 0 Å². The van der Waals surface area contributed by atoms with Gasteiger partial charge in [-0.25, -0.2) is 9.37 Å². The smallest absolute Gasteiger partial charge is 0.308 e. The summed E-state index contributed by atoms with van der Waals surface area (Å²) in [6.45, 7) is 2.15. The molecule has 1 amide bonds. The number of halogens is 1. The molecule has 0 spiro atoms. The quantitative estimate of drug-likeness (QED) is 0.907. The molecule has 0 saturated carbocycles. The van der Waals surface area contributed by atoms with Crippen LogP contribution in [0.5, 0.6) is 0 Å². The molecule has 0 bridgehead atoms. The number of likely N-dealkylation sites (tertiary alicyclic amines) is 1. The fraction of sp³-hybridized carbons (Fsp3) is 0.389. The molecule has 2 heterocycles. The van der Waals surface area contributed by atoms with E-state index in [1.165, 1.54) is 23.6 Å². The van der Waals surface area contributed by atoms with Crippen LogP contribution in [0.2, 0.25) is 0 Å². The SMILES string of the molecule is CC1CCC(C(=O)O)CN1C(=O)c1cnc(Cc2ccccc2F)s1. The van der Waals surface area contributed by atoms with Gasteiger partial charge in [-0.15, -0.1) is 11.3 Å². The van der Waals surface area contributed by atoms with Crippen LogP contribution in [-0.2, 0) is 11.2 Å². The lowest BCUT2D eigenvalue weighted by atomic mass is 9.93. The minimum Gasteiger partial charge on any atom is -0.481 e. The summed E-state index contributed by atoms with van der Waals surface area (Å²) in [4.78, 5) is 30.3. The van der Waals surface area contributed by atoms with Gasteiger partial charge in [-0.2, -0.15) is 0 Å². The summed E-state index contributed by atoms with van der Waals surface area (Å²) in [5.74, 6) is -1.88. The Morgan fingerprint density at radius 3 is 2.84 bits per heavy atom. The van der Waals surface area contributed by atoms with E-state index < -0.39 is 11.9 Å². The molecular formula is C18H19FN2O3S. The molecule has 1 aliphatic heterocycles. The number of thiazole rings is 1. The van der Waals surface area contributed by atoms with E-state index in [0.717, 1.165) is 0 Å². The Labute approximate surface area is 149 Å². The monoisotopic (exact) mass is 362 g/mol. The van der Waals surface area contributed by atoms with E-state index in [-0.39, 0.29) is 24.3 Å². The zero-order valence-electron chi connectivity index (χ0n) is 13.8. The number of carboxylic acids is 1. The van der Waals surface area contributed by atoms with Gasteiger partial charge in [-0.3, -0.25) is 9.59 Å². The predicted molar refractivity (Wildman–Crippen MR) is 92.2 cm³/mol. The molecule has 1 saturated heterocycles. The van der Waals surface area contributed by atoms with Gasteiger partial charge in [0.1, 0.15) is 10.7 Å². The topological polar surface area (TPSA) is 70.5 Å². The Morgan fingerprint density at radius 1 is 1.36 bits per heavy atom. The number of benzene rings is 1. The third-order valence-corrected chi connectivity index (χ3v) is 5.54. The van der Waals surface area contributed by atoms with E-state index in [0.29, 0.717) is 34.7 Å². The van der Waals surface area contributed by atoms with Crippen molar-refractivity contribution >= 4 is 23.2 Å². The molecule has 3 rings (SSSR count). The Bertz CT molecular complexity index is 792. The molecule has 2 aromatic rings. The van der Waals surface area contributed by atoms with E-state index in [9.17, 15) is 19.1 Å². The summed E-state index contributed by atoms with van der Waals surface area (Å²) in [7, 11) is 0. The zero-order chi connectivity index (χ0) is 18.0. The van der Waals surface area contributed by atoms with Crippen molar-refractivity contribution in [2.75, 3.05) is 6.54 Å². The fourth-order valence-corrected chi connectivity index (χ4v) is 3.93. The van der Waals surface area contributed by atoms with Gasteiger partial charge < -0.3 is 10.0 Å². The largest absolute Gasteiger partial charge is 0.481 e. The van der Waals surface area contributed by atoms with Crippen molar-refractivity contribution in [2.45, 2.75) is 32.2 Å². The van der Waals surface area contributed by atoms with Crippen LogP contribution in [0.25, 0.3) is 0 Å². The molecule has 0 aliphatic carbocycles. The molecule has 2 atom stereocenters. The van der Waals surface area contributed by atoms with Crippen molar-refractivity contribution < 1.29 is 19.1 Å². The maximum Gasteiger partial charge on any atom is 0.308 e. The number of amides is 1. The predicted octanol–water partition coefficient (Wildman–Crippen LogP) is 3.20. The molecule has 1 aromatic heterocycles.